The molecule has 1 aromatic carbocycles. The van der Waals surface area contributed by atoms with Gasteiger partial charge in [-0.2, -0.15) is 0 Å². The summed E-state index contributed by atoms with van der Waals surface area (Å²) in [4.78, 5) is 26.2. The monoisotopic (exact) mass is 393 g/mol. The number of imide groups is 1. The van der Waals surface area contributed by atoms with Crippen LogP contribution >= 0.6 is 28.7 Å². The van der Waals surface area contributed by atoms with E-state index < -0.39 is 11.1 Å². The van der Waals surface area contributed by atoms with Gasteiger partial charge in [-0.15, -0.1) is 11.6 Å². The summed E-state index contributed by atoms with van der Waals surface area (Å²) in [6.45, 7) is 4.42. The molecule has 1 aliphatic heterocycles. The number of fused-ring (bicyclic) bond motifs is 1. The van der Waals surface area contributed by atoms with Crippen LogP contribution in [-0.4, -0.2) is 41.2 Å². The Hall–Kier alpha value is -0.430. The van der Waals surface area contributed by atoms with E-state index in [1.165, 1.54) is 0 Å². The van der Waals surface area contributed by atoms with Gasteiger partial charge in [0.15, 0.2) is 0 Å². The zero-order chi connectivity index (χ0) is 17.0. The van der Waals surface area contributed by atoms with Crippen LogP contribution in [0, 0.1) is 0 Å². The molecule has 1 heterocycles. The summed E-state index contributed by atoms with van der Waals surface area (Å²) in [6, 6.07) is 6.71. The number of hydrogen-bond acceptors (Lipinski definition) is 6. The molecule has 0 saturated heterocycles. The number of carbonyl (C=O) groups is 2. The van der Waals surface area contributed by atoms with E-state index in [2.05, 4.69) is 0 Å². The summed E-state index contributed by atoms with van der Waals surface area (Å²) >= 11 is 12.6. The van der Waals surface area contributed by atoms with Crippen molar-refractivity contribution in [3.63, 3.8) is 0 Å². The maximum atomic E-state index is 12.5. The summed E-state index contributed by atoms with van der Waals surface area (Å²) in [7, 11) is 0. The second-order valence-electron chi connectivity index (χ2n) is 4.52. The molecule has 0 bridgehead atoms. The highest BCUT2D eigenvalue weighted by Crippen LogP contribution is 2.63. The Morgan fingerprint density at radius 3 is 2.04 bits per heavy atom. The maximum absolute atomic E-state index is 12.5. The Morgan fingerprint density at radius 2 is 1.65 bits per heavy atom. The molecule has 1 atom stereocenters. The van der Waals surface area contributed by atoms with Gasteiger partial charge >= 0.3 is 0 Å². The SMILES string of the molecule is CCOP(=S)(OCC)SC(CCl)N1C(=O)c2ccccc2C1=O. The Bertz CT molecular complexity index is 612. The van der Waals surface area contributed by atoms with Crippen LogP contribution in [-0.2, 0) is 20.9 Å². The van der Waals surface area contributed by atoms with E-state index in [-0.39, 0.29) is 17.7 Å². The molecule has 2 rings (SSSR count). The molecule has 2 amide bonds. The number of amides is 2. The largest absolute Gasteiger partial charge is 0.322 e. The lowest BCUT2D eigenvalue weighted by atomic mass is 10.1. The molecule has 0 aliphatic carbocycles. The van der Waals surface area contributed by atoms with E-state index in [0.29, 0.717) is 24.3 Å². The molecular formula is C14H17ClNO4PS2. The first-order valence-electron chi connectivity index (χ1n) is 7.07. The van der Waals surface area contributed by atoms with Crippen molar-refractivity contribution in [3.8, 4) is 0 Å². The van der Waals surface area contributed by atoms with Crippen molar-refractivity contribution in [2.75, 3.05) is 19.1 Å². The van der Waals surface area contributed by atoms with Crippen LogP contribution in [0.1, 0.15) is 34.6 Å². The van der Waals surface area contributed by atoms with Crippen LogP contribution in [0.2, 0.25) is 0 Å². The minimum atomic E-state index is -2.67. The zero-order valence-corrected chi connectivity index (χ0v) is 16.0. The van der Waals surface area contributed by atoms with Gasteiger partial charge < -0.3 is 9.05 Å². The molecule has 1 aromatic rings. The first kappa shape index (κ1) is 18.9. The molecule has 0 radical (unpaired) electrons. The number of benzene rings is 1. The fraction of sp³-hybridized carbons (Fsp3) is 0.429. The predicted octanol–water partition coefficient (Wildman–Crippen LogP) is 3.88. The average Bonchev–Trinajstić information content (AvgIpc) is 2.78. The van der Waals surface area contributed by atoms with E-state index in [1.807, 2.05) is 13.8 Å². The molecule has 5 nitrogen and oxygen atoms in total. The van der Waals surface area contributed by atoms with Crippen molar-refractivity contribution in [2.45, 2.75) is 19.2 Å². The highest BCUT2D eigenvalue weighted by molar-refractivity contribution is 8.68. The molecule has 1 aliphatic rings. The van der Waals surface area contributed by atoms with Gasteiger partial charge in [-0.3, -0.25) is 14.5 Å². The van der Waals surface area contributed by atoms with Crippen LogP contribution in [0.15, 0.2) is 24.3 Å². The van der Waals surface area contributed by atoms with Crippen molar-refractivity contribution in [1.82, 2.24) is 4.90 Å². The first-order chi connectivity index (χ1) is 11.0. The first-order valence-corrected chi connectivity index (χ1v) is 11.7. The highest BCUT2D eigenvalue weighted by Gasteiger charge is 2.42. The molecule has 0 saturated carbocycles. The van der Waals surface area contributed by atoms with Crippen molar-refractivity contribution in [1.29, 1.82) is 0 Å². The molecule has 1 unspecified atom stereocenters. The Labute approximate surface area is 149 Å². The summed E-state index contributed by atoms with van der Waals surface area (Å²) in [6.07, 6.45) is 0. The van der Waals surface area contributed by atoms with Gasteiger partial charge in [0.25, 0.3) is 11.8 Å². The topological polar surface area (TPSA) is 55.8 Å². The van der Waals surface area contributed by atoms with Crippen molar-refractivity contribution >= 4 is 52.3 Å². The predicted molar refractivity (Wildman–Crippen MR) is 96.6 cm³/mol. The van der Waals surface area contributed by atoms with Crippen LogP contribution in [0.5, 0.6) is 0 Å². The fourth-order valence-corrected chi connectivity index (χ4v) is 8.16. The lowest BCUT2D eigenvalue weighted by molar-refractivity contribution is 0.0648. The number of halogens is 1. The lowest BCUT2D eigenvalue weighted by Crippen LogP contribution is -2.39. The Kier molecular flexibility index (Phi) is 6.66. The minimum absolute atomic E-state index is 0.0503. The number of carbonyl (C=O) groups excluding carboxylic acids is 2. The fourth-order valence-electron chi connectivity index (χ4n) is 2.18. The van der Waals surface area contributed by atoms with Crippen molar-refractivity contribution in [2.24, 2.45) is 0 Å². The molecule has 0 N–H and O–H groups in total. The molecular weight excluding hydrogens is 377 g/mol. The Morgan fingerprint density at radius 1 is 1.17 bits per heavy atom. The van der Waals surface area contributed by atoms with Gasteiger partial charge in [0, 0.05) is 0 Å². The molecule has 9 heteroatoms. The summed E-state index contributed by atoms with van der Waals surface area (Å²) in [5, 5.41) is -0.631. The van der Waals surface area contributed by atoms with E-state index >= 15 is 0 Å². The molecule has 23 heavy (non-hydrogen) atoms. The lowest BCUT2D eigenvalue weighted by Gasteiger charge is -2.29. The highest BCUT2D eigenvalue weighted by atomic mass is 35.5. The van der Waals surface area contributed by atoms with E-state index in [0.717, 1.165) is 16.3 Å². The molecule has 0 spiro atoms. The van der Waals surface area contributed by atoms with Crippen LogP contribution in [0.25, 0.3) is 0 Å². The second kappa shape index (κ2) is 8.10. The average molecular weight is 394 g/mol. The summed E-state index contributed by atoms with van der Waals surface area (Å²) in [5.74, 6) is -0.675. The van der Waals surface area contributed by atoms with Crippen LogP contribution in [0.4, 0.5) is 0 Å². The van der Waals surface area contributed by atoms with E-state index in [1.54, 1.807) is 24.3 Å². The van der Waals surface area contributed by atoms with Gasteiger partial charge in [-0.05, 0) is 49.2 Å². The number of nitrogens with zero attached hydrogens (tertiary/aromatic N) is 1. The molecule has 0 aromatic heterocycles. The van der Waals surface area contributed by atoms with E-state index in [9.17, 15) is 9.59 Å². The molecule has 126 valence electrons. The number of alkyl halides is 1. The van der Waals surface area contributed by atoms with Crippen LogP contribution < -0.4 is 0 Å². The molecule has 0 fully saturated rings. The summed E-state index contributed by atoms with van der Waals surface area (Å²) in [5.41, 5.74) is -1.91. The zero-order valence-electron chi connectivity index (χ0n) is 12.7. The quantitative estimate of drug-likeness (QED) is 0.379. The number of rotatable bonds is 8. The van der Waals surface area contributed by atoms with Gasteiger partial charge in [0.05, 0.1) is 30.2 Å². The normalized spacial score (nSPS) is 15.9. The third kappa shape index (κ3) is 3.98. The van der Waals surface area contributed by atoms with Gasteiger partial charge in [-0.1, -0.05) is 12.1 Å². The third-order valence-electron chi connectivity index (χ3n) is 3.07. The van der Waals surface area contributed by atoms with Crippen molar-refractivity contribution in [3.05, 3.63) is 35.4 Å². The minimum Gasteiger partial charge on any atom is -0.322 e. The number of hydrogen-bond donors (Lipinski definition) is 0. The van der Waals surface area contributed by atoms with Gasteiger partial charge in [0.1, 0.15) is 5.37 Å². The summed E-state index contributed by atoms with van der Waals surface area (Å²) < 4.78 is 11.1. The second-order valence-corrected chi connectivity index (χ2v) is 11.2. The van der Waals surface area contributed by atoms with Crippen LogP contribution in [0.3, 0.4) is 0 Å². The Balaban J connectivity index is 2.27. The maximum Gasteiger partial charge on any atom is 0.262 e. The van der Waals surface area contributed by atoms with Crippen molar-refractivity contribution < 1.29 is 18.6 Å². The van der Waals surface area contributed by atoms with Gasteiger partial charge in [0.2, 0.25) is 5.69 Å². The van der Waals surface area contributed by atoms with E-state index in [4.69, 9.17) is 32.5 Å². The third-order valence-corrected chi connectivity index (χ3v) is 9.12. The standard InChI is InChI=1S/C14H17ClNO4PS2/c1-3-19-21(22,20-4-2)23-12(9-15)16-13(17)10-7-5-6-8-11(10)14(16)18/h5-8,12H,3-4,9H2,1-2H3. The van der Waals surface area contributed by atoms with Gasteiger partial charge in [-0.25, -0.2) is 0 Å². The smallest absolute Gasteiger partial charge is 0.262 e.